The summed E-state index contributed by atoms with van der Waals surface area (Å²) >= 11 is 0. The van der Waals surface area contributed by atoms with Gasteiger partial charge in [-0.15, -0.1) is 0 Å². The molecule has 22 heavy (non-hydrogen) atoms. The highest BCUT2D eigenvalue weighted by molar-refractivity contribution is 5.57. The van der Waals surface area contributed by atoms with Gasteiger partial charge in [-0.2, -0.15) is 0 Å². The second kappa shape index (κ2) is 5.74. The molecule has 2 atom stereocenters. The highest BCUT2D eigenvalue weighted by Gasteiger charge is 2.31. The molecular formula is C18H26N2O2. The number of benzene rings is 1. The monoisotopic (exact) mass is 302 g/mol. The summed E-state index contributed by atoms with van der Waals surface area (Å²) in [5.41, 5.74) is 4.16. The number of hydrogen-bond donors (Lipinski definition) is 1. The minimum atomic E-state index is 0.299. The van der Waals surface area contributed by atoms with Crippen LogP contribution in [0.2, 0.25) is 0 Å². The third kappa shape index (κ3) is 2.59. The molecule has 3 aliphatic heterocycles. The van der Waals surface area contributed by atoms with Gasteiger partial charge in [-0.3, -0.25) is 0 Å². The molecule has 0 bridgehead atoms. The molecule has 1 N–H and O–H groups in total. The summed E-state index contributed by atoms with van der Waals surface area (Å²) in [6.07, 6.45) is 3.72. The SMILES string of the molecule is CC1Cc2c(cc3c(c2CCN2CCNCC2)OC(C)C3)O1. The average molecular weight is 302 g/mol. The molecule has 0 aromatic heterocycles. The Hall–Kier alpha value is -1.26. The highest BCUT2D eigenvalue weighted by Crippen LogP contribution is 2.43. The third-order valence-corrected chi connectivity index (χ3v) is 5.07. The minimum absolute atomic E-state index is 0.299. The largest absolute Gasteiger partial charge is 0.490 e. The number of piperazine rings is 1. The van der Waals surface area contributed by atoms with E-state index in [0.29, 0.717) is 12.2 Å². The van der Waals surface area contributed by atoms with Crippen molar-refractivity contribution in [1.82, 2.24) is 10.2 Å². The Kier molecular flexibility index (Phi) is 3.74. The number of ether oxygens (including phenoxy) is 2. The molecule has 1 fully saturated rings. The van der Waals surface area contributed by atoms with Crippen molar-refractivity contribution in [3.8, 4) is 11.5 Å². The molecule has 0 spiro atoms. The van der Waals surface area contributed by atoms with Crippen molar-refractivity contribution in [3.63, 3.8) is 0 Å². The lowest BCUT2D eigenvalue weighted by Gasteiger charge is -2.27. The fraction of sp³-hybridized carbons (Fsp3) is 0.667. The van der Waals surface area contributed by atoms with Crippen LogP contribution in [0.3, 0.4) is 0 Å². The Bertz CT molecular complexity index is 530. The zero-order valence-corrected chi connectivity index (χ0v) is 13.7. The van der Waals surface area contributed by atoms with E-state index in [-0.39, 0.29) is 0 Å². The van der Waals surface area contributed by atoms with Gasteiger partial charge in [0.15, 0.2) is 0 Å². The topological polar surface area (TPSA) is 33.7 Å². The summed E-state index contributed by atoms with van der Waals surface area (Å²) in [5.74, 6) is 2.28. The first kappa shape index (κ1) is 14.3. The lowest BCUT2D eigenvalue weighted by molar-refractivity contribution is 0.237. The summed E-state index contributed by atoms with van der Waals surface area (Å²) < 4.78 is 12.2. The predicted octanol–water partition coefficient (Wildman–Crippen LogP) is 1.78. The van der Waals surface area contributed by atoms with Gasteiger partial charge in [0.05, 0.1) is 0 Å². The van der Waals surface area contributed by atoms with Crippen LogP contribution in [0, 0.1) is 0 Å². The van der Waals surface area contributed by atoms with Gasteiger partial charge in [-0.05, 0) is 26.3 Å². The van der Waals surface area contributed by atoms with Gasteiger partial charge >= 0.3 is 0 Å². The van der Waals surface area contributed by atoms with Crippen molar-refractivity contribution in [2.24, 2.45) is 0 Å². The van der Waals surface area contributed by atoms with Gasteiger partial charge < -0.3 is 19.7 Å². The molecule has 4 nitrogen and oxygen atoms in total. The van der Waals surface area contributed by atoms with E-state index in [0.717, 1.165) is 57.7 Å². The van der Waals surface area contributed by atoms with Crippen LogP contribution >= 0.6 is 0 Å². The molecule has 0 amide bonds. The van der Waals surface area contributed by atoms with Gasteiger partial charge in [0, 0.05) is 62.3 Å². The molecule has 4 rings (SSSR count). The molecule has 0 saturated carbocycles. The summed E-state index contributed by atoms with van der Waals surface area (Å²) in [6.45, 7) is 9.97. The molecule has 1 saturated heterocycles. The second-order valence-corrected chi connectivity index (χ2v) is 6.93. The van der Waals surface area contributed by atoms with Gasteiger partial charge in [0.25, 0.3) is 0 Å². The van der Waals surface area contributed by atoms with Crippen LogP contribution < -0.4 is 14.8 Å². The fourth-order valence-electron chi connectivity index (χ4n) is 3.99. The first-order chi connectivity index (χ1) is 10.7. The Labute approximate surface area is 132 Å². The highest BCUT2D eigenvalue weighted by atomic mass is 16.5. The van der Waals surface area contributed by atoms with E-state index in [1.165, 1.54) is 22.4 Å². The predicted molar refractivity (Wildman–Crippen MR) is 87.0 cm³/mol. The standard InChI is InChI=1S/C18H26N2O2/c1-12-9-14-11-17-16(10-13(2)21-17)15(18(14)22-12)3-6-20-7-4-19-5-8-20/h11-13,19H,3-10H2,1-2H3. The van der Waals surface area contributed by atoms with E-state index in [1.807, 2.05) is 0 Å². The fourth-order valence-corrected chi connectivity index (χ4v) is 3.99. The third-order valence-electron chi connectivity index (χ3n) is 5.07. The average Bonchev–Trinajstić information content (AvgIpc) is 3.05. The molecule has 2 unspecified atom stereocenters. The minimum Gasteiger partial charge on any atom is -0.490 e. The number of nitrogens with zero attached hydrogens (tertiary/aromatic N) is 1. The van der Waals surface area contributed by atoms with E-state index in [9.17, 15) is 0 Å². The molecular weight excluding hydrogens is 276 g/mol. The lowest BCUT2D eigenvalue weighted by atomic mass is 9.95. The van der Waals surface area contributed by atoms with Crippen LogP contribution in [0.25, 0.3) is 0 Å². The van der Waals surface area contributed by atoms with Crippen molar-refractivity contribution >= 4 is 0 Å². The van der Waals surface area contributed by atoms with Crippen LogP contribution in [0.1, 0.15) is 30.5 Å². The van der Waals surface area contributed by atoms with E-state index in [4.69, 9.17) is 9.47 Å². The summed E-state index contributed by atoms with van der Waals surface area (Å²) in [6, 6.07) is 2.23. The van der Waals surface area contributed by atoms with Gasteiger partial charge in [0.1, 0.15) is 23.7 Å². The Morgan fingerprint density at radius 2 is 1.91 bits per heavy atom. The Morgan fingerprint density at radius 1 is 1.14 bits per heavy atom. The van der Waals surface area contributed by atoms with E-state index in [2.05, 4.69) is 30.1 Å². The van der Waals surface area contributed by atoms with Crippen LogP contribution in [-0.2, 0) is 19.3 Å². The van der Waals surface area contributed by atoms with Gasteiger partial charge in [-0.1, -0.05) is 0 Å². The summed E-state index contributed by atoms with van der Waals surface area (Å²) in [5, 5.41) is 3.42. The molecule has 4 heteroatoms. The second-order valence-electron chi connectivity index (χ2n) is 6.93. The summed E-state index contributed by atoms with van der Waals surface area (Å²) in [4.78, 5) is 2.56. The van der Waals surface area contributed by atoms with Crippen LogP contribution in [0.15, 0.2) is 6.07 Å². The molecule has 3 aliphatic rings. The maximum atomic E-state index is 6.15. The maximum Gasteiger partial charge on any atom is 0.126 e. The first-order valence-corrected chi connectivity index (χ1v) is 8.64. The zero-order valence-electron chi connectivity index (χ0n) is 13.7. The van der Waals surface area contributed by atoms with Crippen LogP contribution in [-0.4, -0.2) is 49.8 Å². The quantitative estimate of drug-likeness (QED) is 0.923. The Balaban J connectivity index is 1.60. The molecule has 1 aromatic carbocycles. The molecule has 120 valence electrons. The van der Waals surface area contributed by atoms with Crippen molar-refractivity contribution in [2.75, 3.05) is 32.7 Å². The molecule has 0 aliphatic carbocycles. The molecule has 0 radical (unpaired) electrons. The number of nitrogens with one attached hydrogen (secondary N) is 1. The van der Waals surface area contributed by atoms with E-state index in [1.54, 1.807) is 0 Å². The van der Waals surface area contributed by atoms with Gasteiger partial charge in [0.2, 0.25) is 0 Å². The van der Waals surface area contributed by atoms with Crippen molar-refractivity contribution in [1.29, 1.82) is 0 Å². The lowest BCUT2D eigenvalue weighted by Crippen LogP contribution is -2.44. The zero-order chi connectivity index (χ0) is 15.1. The number of hydrogen-bond acceptors (Lipinski definition) is 4. The van der Waals surface area contributed by atoms with Crippen molar-refractivity contribution < 1.29 is 9.47 Å². The molecule has 3 heterocycles. The van der Waals surface area contributed by atoms with E-state index >= 15 is 0 Å². The van der Waals surface area contributed by atoms with Crippen LogP contribution in [0.5, 0.6) is 11.5 Å². The normalized spacial score (nSPS) is 27.2. The Morgan fingerprint density at radius 3 is 2.73 bits per heavy atom. The molecule has 1 aromatic rings. The van der Waals surface area contributed by atoms with Crippen molar-refractivity contribution in [3.05, 3.63) is 22.8 Å². The maximum absolute atomic E-state index is 6.15. The van der Waals surface area contributed by atoms with E-state index < -0.39 is 0 Å². The smallest absolute Gasteiger partial charge is 0.126 e. The number of rotatable bonds is 3. The van der Waals surface area contributed by atoms with Crippen molar-refractivity contribution in [2.45, 2.75) is 45.3 Å². The summed E-state index contributed by atoms with van der Waals surface area (Å²) in [7, 11) is 0. The first-order valence-electron chi connectivity index (χ1n) is 8.64. The van der Waals surface area contributed by atoms with Gasteiger partial charge in [-0.25, -0.2) is 0 Å². The van der Waals surface area contributed by atoms with Crippen LogP contribution in [0.4, 0.5) is 0 Å². The number of fused-ring (bicyclic) bond motifs is 2.